The number of thiophene rings is 1. The first kappa shape index (κ1) is 14.2. The van der Waals surface area contributed by atoms with E-state index in [1.807, 2.05) is 0 Å². The normalized spacial score (nSPS) is 12.3. The van der Waals surface area contributed by atoms with Gasteiger partial charge in [0.25, 0.3) is 0 Å². The van der Waals surface area contributed by atoms with Crippen LogP contribution in [-0.4, -0.2) is 24.5 Å². The number of hydrogen-bond acceptors (Lipinski definition) is 3. The predicted octanol–water partition coefficient (Wildman–Crippen LogP) is 2.68. The minimum absolute atomic E-state index is 0.429. The van der Waals surface area contributed by atoms with Gasteiger partial charge in [-0.05, 0) is 26.5 Å². The first-order chi connectivity index (χ1) is 8.17. The third-order valence-corrected chi connectivity index (χ3v) is 3.77. The molecule has 1 rings (SSSR count). The fourth-order valence-corrected chi connectivity index (χ4v) is 2.60. The van der Waals surface area contributed by atoms with Gasteiger partial charge in [0.05, 0.1) is 6.54 Å². The molecule has 0 aromatic carbocycles. The Hall–Kier alpha value is -0.820. The zero-order valence-corrected chi connectivity index (χ0v) is 11.8. The molecule has 1 unspecified atom stereocenters. The molecule has 0 amide bonds. The topological polar surface area (TPSA) is 29.3 Å². The lowest BCUT2D eigenvalue weighted by Crippen LogP contribution is -2.27. The van der Waals surface area contributed by atoms with E-state index >= 15 is 0 Å². The first-order valence-electron chi connectivity index (χ1n) is 6.14. The largest absolute Gasteiger partial charge is 0.320 e. The molecule has 3 heteroatoms. The van der Waals surface area contributed by atoms with Crippen molar-refractivity contribution in [1.29, 1.82) is 0 Å². The fraction of sp³-hybridized carbons (Fsp3) is 0.571. The Morgan fingerprint density at radius 3 is 2.94 bits per heavy atom. The molecule has 0 saturated carbocycles. The van der Waals surface area contributed by atoms with Crippen LogP contribution in [-0.2, 0) is 6.54 Å². The molecule has 94 valence electrons. The Morgan fingerprint density at radius 2 is 2.29 bits per heavy atom. The van der Waals surface area contributed by atoms with Gasteiger partial charge in [0.2, 0.25) is 0 Å². The molecule has 17 heavy (non-hydrogen) atoms. The van der Waals surface area contributed by atoms with E-state index < -0.39 is 0 Å². The standard InChI is InChI=1S/C14H22N2S/c1-4-6-12(2)16(3)10-14-9-13(11-17-14)7-5-8-15/h9,11-12H,4,6,8,10,15H2,1-3H3. The van der Waals surface area contributed by atoms with E-state index in [9.17, 15) is 0 Å². The third-order valence-electron chi connectivity index (χ3n) is 2.85. The molecule has 2 N–H and O–H groups in total. The predicted molar refractivity (Wildman–Crippen MR) is 76.1 cm³/mol. The van der Waals surface area contributed by atoms with E-state index in [0.29, 0.717) is 12.6 Å². The van der Waals surface area contributed by atoms with Crippen molar-refractivity contribution < 1.29 is 0 Å². The first-order valence-corrected chi connectivity index (χ1v) is 7.02. The van der Waals surface area contributed by atoms with Crippen molar-refractivity contribution in [2.75, 3.05) is 13.6 Å². The van der Waals surface area contributed by atoms with Crippen LogP contribution in [0.5, 0.6) is 0 Å². The average Bonchev–Trinajstić information content (AvgIpc) is 2.74. The summed E-state index contributed by atoms with van der Waals surface area (Å²) in [5.41, 5.74) is 6.45. The highest BCUT2D eigenvalue weighted by atomic mass is 32.1. The molecule has 1 aromatic heterocycles. The molecule has 1 atom stereocenters. The summed E-state index contributed by atoms with van der Waals surface area (Å²) in [4.78, 5) is 3.77. The number of nitrogens with two attached hydrogens (primary N) is 1. The molecule has 1 heterocycles. The maximum Gasteiger partial charge on any atom is 0.0555 e. The second kappa shape index (κ2) is 7.50. The van der Waals surface area contributed by atoms with Gasteiger partial charge in [-0.15, -0.1) is 11.3 Å². The van der Waals surface area contributed by atoms with E-state index in [-0.39, 0.29) is 0 Å². The number of nitrogens with zero attached hydrogens (tertiary/aromatic N) is 1. The second-order valence-corrected chi connectivity index (χ2v) is 5.36. The van der Waals surface area contributed by atoms with Crippen LogP contribution in [0.2, 0.25) is 0 Å². The van der Waals surface area contributed by atoms with Crippen LogP contribution in [0.4, 0.5) is 0 Å². The van der Waals surface area contributed by atoms with Gasteiger partial charge in [-0.25, -0.2) is 0 Å². The molecular weight excluding hydrogens is 228 g/mol. The Morgan fingerprint density at radius 1 is 1.53 bits per heavy atom. The third kappa shape index (κ3) is 4.91. The lowest BCUT2D eigenvalue weighted by atomic mass is 10.2. The molecule has 0 saturated heterocycles. The maximum absolute atomic E-state index is 5.36. The van der Waals surface area contributed by atoms with Crippen molar-refractivity contribution >= 4 is 11.3 Å². The number of hydrogen-bond donors (Lipinski definition) is 1. The molecule has 1 aromatic rings. The van der Waals surface area contributed by atoms with Gasteiger partial charge in [0.15, 0.2) is 0 Å². The Labute approximate surface area is 109 Å². The number of rotatable bonds is 5. The van der Waals surface area contributed by atoms with E-state index in [1.165, 1.54) is 17.7 Å². The van der Waals surface area contributed by atoms with Crippen molar-refractivity contribution in [2.45, 2.75) is 39.3 Å². The summed E-state index contributed by atoms with van der Waals surface area (Å²) in [5, 5.41) is 2.11. The molecule has 0 fully saturated rings. The van der Waals surface area contributed by atoms with Gasteiger partial charge >= 0.3 is 0 Å². The monoisotopic (exact) mass is 250 g/mol. The van der Waals surface area contributed by atoms with Crippen molar-refractivity contribution in [3.63, 3.8) is 0 Å². The van der Waals surface area contributed by atoms with E-state index in [2.05, 4.69) is 49.1 Å². The van der Waals surface area contributed by atoms with Crippen molar-refractivity contribution in [2.24, 2.45) is 5.73 Å². The summed E-state index contributed by atoms with van der Waals surface area (Å²) in [6.45, 7) is 5.96. The fourth-order valence-electron chi connectivity index (χ4n) is 1.72. The minimum atomic E-state index is 0.429. The van der Waals surface area contributed by atoms with E-state index in [1.54, 1.807) is 11.3 Å². The summed E-state index contributed by atoms with van der Waals surface area (Å²) in [6, 6.07) is 2.81. The lowest BCUT2D eigenvalue weighted by molar-refractivity contribution is 0.239. The molecule has 0 bridgehead atoms. The van der Waals surface area contributed by atoms with Crippen LogP contribution in [0.15, 0.2) is 11.4 Å². The van der Waals surface area contributed by atoms with Gasteiger partial charge < -0.3 is 5.73 Å². The van der Waals surface area contributed by atoms with E-state index in [0.717, 1.165) is 12.1 Å². The minimum Gasteiger partial charge on any atom is -0.320 e. The van der Waals surface area contributed by atoms with Crippen LogP contribution in [0.1, 0.15) is 37.1 Å². The Balaban J connectivity index is 2.54. The molecule has 0 aliphatic rings. The molecule has 2 nitrogen and oxygen atoms in total. The summed E-state index contributed by atoms with van der Waals surface area (Å²) >= 11 is 1.78. The molecule has 0 aliphatic carbocycles. The summed E-state index contributed by atoms with van der Waals surface area (Å²) < 4.78 is 0. The summed E-state index contributed by atoms with van der Waals surface area (Å²) in [6.07, 6.45) is 2.49. The van der Waals surface area contributed by atoms with Crippen LogP contribution >= 0.6 is 11.3 Å². The highest BCUT2D eigenvalue weighted by molar-refractivity contribution is 7.10. The van der Waals surface area contributed by atoms with Gasteiger partial charge in [0, 0.05) is 28.4 Å². The Kier molecular flexibility index (Phi) is 6.28. The van der Waals surface area contributed by atoms with Gasteiger partial charge in [-0.3, -0.25) is 4.90 Å². The van der Waals surface area contributed by atoms with Crippen LogP contribution < -0.4 is 5.73 Å². The second-order valence-electron chi connectivity index (χ2n) is 4.36. The maximum atomic E-state index is 5.36. The molecule has 0 radical (unpaired) electrons. The van der Waals surface area contributed by atoms with Crippen molar-refractivity contribution in [3.8, 4) is 11.8 Å². The van der Waals surface area contributed by atoms with Gasteiger partial charge in [0.1, 0.15) is 0 Å². The highest BCUT2D eigenvalue weighted by Gasteiger charge is 2.09. The van der Waals surface area contributed by atoms with Crippen LogP contribution in [0.3, 0.4) is 0 Å². The van der Waals surface area contributed by atoms with Crippen LogP contribution in [0.25, 0.3) is 0 Å². The summed E-state index contributed by atoms with van der Waals surface area (Å²) in [7, 11) is 2.19. The molecule has 0 spiro atoms. The lowest BCUT2D eigenvalue weighted by Gasteiger charge is -2.23. The van der Waals surface area contributed by atoms with Crippen molar-refractivity contribution in [3.05, 3.63) is 21.9 Å². The zero-order chi connectivity index (χ0) is 12.7. The van der Waals surface area contributed by atoms with E-state index in [4.69, 9.17) is 5.73 Å². The average molecular weight is 250 g/mol. The van der Waals surface area contributed by atoms with Crippen LogP contribution in [0, 0.1) is 11.8 Å². The Bertz CT molecular complexity index is 386. The van der Waals surface area contributed by atoms with Gasteiger partial charge in [-0.1, -0.05) is 25.2 Å². The molecule has 0 aliphatic heterocycles. The van der Waals surface area contributed by atoms with Crippen molar-refractivity contribution in [1.82, 2.24) is 4.90 Å². The SMILES string of the molecule is CCCC(C)N(C)Cc1cc(C#CCN)cs1. The zero-order valence-electron chi connectivity index (χ0n) is 11.0. The quantitative estimate of drug-likeness (QED) is 0.814. The molecular formula is C14H22N2S. The smallest absolute Gasteiger partial charge is 0.0555 e. The highest BCUT2D eigenvalue weighted by Crippen LogP contribution is 2.17. The van der Waals surface area contributed by atoms with Gasteiger partial charge in [-0.2, -0.15) is 0 Å². The summed E-state index contributed by atoms with van der Waals surface area (Å²) in [5.74, 6) is 5.95.